The molecule has 0 atom stereocenters. The van der Waals surface area contributed by atoms with Crippen LogP contribution in [0.1, 0.15) is 29.7 Å². The molecule has 11 nitrogen and oxygen atoms in total. The van der Waals surface area contributed by atoms with Crippen molar-refractivity contribution in [2.45, 2.75) is 19.3 Å². The first kappa shape index (κ1) is 19.8. The highest BCUT2D eigenvalue weighted by Crippen LogP contribution is 2.42. The predicted molar refractivity (Wildman–Crippen MR) is 116 cm³/mol. The van der Waals surface area contributed by atoms with Gasteiger partial charge in [0.2, 0.25) is 5.27 Å². The van der Waals surface area contributed by atoms with E-state index in [4.69, 9.17) is 20.4 Å². The van der Waals surface area contributed by atoms with Gasteiger partial charge in [0.15, 0.2) is 0 Å². The highest BCUT2D eigenvalue weighted by molar-refractivity contribution is 7.21. The SMILES string of the molecule is N#Cc1c(N)nc2sc(/C([O-])=N/c3c[n+](N4CCCCC4)no3)c(N)c2c1-c1ccco1. The number of hydrogen-bond acceptors (Lipinski definition) is 11. The molecule has 1 aliphatic heterocycles. The number of nitrogen functional groups attached to an aromatic ring is 2. The fraction of sp³-hybridized carbons (Fsp3) is 0.250. The molecule has 5 rings (SSSR count). The predicted octanol–water partition coefficient (Wildman–Crippen LogP) is 1.43. The highest BCUT2D eigenvalue weighted by atomic mass is 32.1. The van der Waals surface area contributed by atoms with Crippen LogP contribution in [0, 0.1) is 11.3 Å². The molecule has 1 fully saturated rings. The van der Waals surface area contributed by atoms with E-state index in [9.17, 15) is 10.4 Å². The van der Waals surface area contributed by atoms with E-state index in [1.165, 1.54) is 12.7 Å². The minimum absolute atomic E-state index is 0.0291. The molecule has 0 spiro atoms. The summed E-state index contributed by atoms with van der Waals surface area (Å²) in [4.78, 5) is 10.4. The molecule has 12 heteroatoms. The van der Waals surface area contributed by atoms with Crippen molar-refractivity contribution in [3.63, 3.8) is 0 Å². The van der Waals surface area contributed by atoms with Crippen molar-refractivity contribution in [3.8, 4) is 17.4 Å². The zero-order valence-corrected chi connectivity index (χ0v) is 17.6. The standard InChI is InChI=1S/C20H18N8O3S/c21-9-11-14(12-5-4-8-30-12)15-16(22)17(32-20(15)25-18(11)23)19(29)24-13-10-28(26-31-13)27-6-2-1-3-7-27/h4-5,8,10H,1-3,6-7H2,(H4-,22,23,24,25,26,29). The maximum absolute atomic E-state index is 12.9. The molecule has 4 aromatic rings. The zero-order valence-electron chi connectivity index (χ0n) is 16.8. The molecule has 0 unspecified atom stereocenters. The number of furan rings is 1. The largest absolute Gasteiger partial charge is 0.857 e. The van der Waals surface area contributed by atoms with E-state index in [1.807, 2.05) is 11.1 Å². The van der Waals surface area contributed by atoms with Gasteiger partial charge in [-0.05, 0) is 31.4 Å². The lowest BCUT2D eigenvalue weighted by molar-refractivity contribution is -0.759. The Balaban J connectivity index is 1.58. The molecule has 0 radical (unpaired) electrons. The molecule has 0 amide bonds. The normalized spacial score (nSPS) is 14.7. The monoisotopic (exact) mass is 450 g/mol. The summed E-state index contributed by atoms with van der Waals surface area (Å²) in [6.45, 7) is 1.72. The highest BCUT2D eigenvalue weighted by Gasteiger charge is 2.24. The lowest BCUT2D eigenvalue weighted by Crippen LogP contribution is -2.60. The Morgan fingerprint density at radius 3 is 2.84 bits per heavy atom. The maximum Gasteiger partial charge on any atom is 0.324 e. The van der Waals surface area contributed by atoms with E-state index < -0.39 is 5.90 Å². The summed E-state index contributed by atoms with van der Waals surface area (Å²) in [5, 5.41) is 28.9. The number of hydrogen-bond donors (Lipinski definition) is 2. The number of rotatable bonds is 4. The van der Waals surface area contributed by atoms with Crippen molar-refractivity contribution in [3.05, 3.63) is 35.0 Å². The molecule has 4 aromatic heterocycles. The average molecular weight is 450 g/mol. The second kappa shape index (κ2) is 7.86. The Morgan fingerprint density at radius 1 is 1.31 bits per heavy atom. The second-order valence-corrected chi connectivity index (χ2v) is 8.25. The molecule has 1 saturated heterocycles. The van der Waals surface area contributed by atoms with Gasteiger partial charge >= 0.3 is 5.88 Å². The van der Waals surface area contributed by atoms with Gasteiger partial charge < -0.3 is 21.0 Å². The van der Waals surface area contributed by atoms with Crippen molar-refractivity contribution in [2.75, 3.05) is 29.6 Å². The van der Waals surface area contributed by atoms with Gasteiger partial charge in [0, 0.05) is 11.3 Å². The average Bonchev–Trinajstić information content (AvgIpc) is 3.54. The molecule has 0 aliphatic carbocycles. The van der Waals surface area contributed by atoms with Crippen molar-refractivity contribution in [1.29, 1.82) is 5.26 Å². The second-order valence-electron chi connectivity index (χ2n) is 7.25. The summed E-state index contributed by atoms with van der Waals surface area (Å²) in [6.07, 6.45) is 6.36. The Kier molecular flexibility index (Phi) is 4.87. The summed E-state index contributed by atoms with van der Waals surface area (Å²) in [5.41, 5.74) is 13.0. The van der Waals surface area contributed by atoms with Crippen LogP contribution in [-0.4, -0.2) is 29.2 Å². The summed E-state index contributed by atoms with van der Waals surface area (Å²) in [7, 11) is 0. The molecule has 0 bridgehead atoms. The number of nitrogens with zero attached hydrogens (tertiary/aromatic N) is 6. The molecule has 1 aliphatic rings. The van der Waals surface area contributed by atoms with Crippen LogP contribution in [-0.2, 0) is 0 Å². The maximum atomic E-state index is 12.9. The first-order chi connectivity index (χ1) is 15.6. The molecule has 0 saturated carbocycles. The van der Waals surface area contributed by atoms with Crippen molar-refractivity contribution >= 4 is 44.8 Å². The topological polar surface area (TPSA) is 170 Å². The van der Waals surface area contributed by atoms with Crippen LogP contribution in [0.2, 0.25) is 0 Å². The first-order valence-corrected chi connectivity index (χ1v) is 10.7. The van der Waals surface area contributed by atoms with Gasteiger partial charge in [0.25, 0.3) is 6.20 Å². The van der Waals surface area contributed by atoms with E-state index in [2.05, 4.69) is 15.2 Å². The Bertz CT molecular complexity index is 1360. The fourth-order valence-corrected chi connectivity index (χ4v) is 4.75. The van der Waals surface area contributed by atoms with E-state index in [0.717, 1.165) is 37.3 Å². The van der Waals surface area contributed by atoms with Crippen molar-refractivity contribution in [1.82, 2.24) is 10.3 Å². The van der Waals surface area contributed by atoms with Crippen LogP contribution in [0.25, 0.3) is 21.5 Å². The van der Waals surface area contributed by atoms with Crippen LogP contribution in [0.4, 0.5) is 17.4 Å². The van der Waals surface area contributed by atoms with Crippen LogP contribution in [0.3, 0.4) is 0 Å². The smallest absolute Gasteiger partial charge is 0.324 e. The van der Waals surface area contributed by atoms with E-state index in [-0.39, 0.29) is 27.8 Å². The van der Waals surface area contributed by atoms with Gasteiger partial charge in [-0.1, -0.05) is 0 Å². The van der Waals surface area contributed by atoms with Gasteiger partial charge in [0.1, 0.15) is 28.0 Å². The Labute approximate surface area is 185 Å². The third-order valence-electron chi connectivity index (χ3n) is 5.26. The van der Waals surface area contributed by atoms with Crippen LogP contribution < -0.4 is 26.4 Å². The number of aromatic nitrogens is 3. The van der Waals surface area contributed by atoms with Crippen molar-refractivity contribution in [2.24, 2.45) is 4.99 Å². The number of fused-ring (bicyclic) bond motifs is 1. The van der Waals surface area contributed by atoms with Gasteiger partial charge in [-0.25, -0.2) is 9.98 Å². The summed E-state index contributed by atoms with van der Waals surface area (Å²) >= 11 is 1.04. The number of aliphatic imine (C=N–C) groups is 1. The van der Waals surface area contributed by atoms with Crippen molar-refractivity contribution < 1.29 is 18.8 Å². The fourth-order valence-electron chi connectivity index (χ4n) is 3.75. The summed E-state index contributed by atoms with van der Waals surface area (Å²) in [6, 6.07) is 5.42. The van der Waals surface area contributed by atoms with Crippen LogP contribution in [0.5, 0.6) is 0 Å². The molecule has 4 N–H and O–H groups in total. The quantitative estimate of drug-likeness (QED) is 0.265. The molecular formula is C20H18N8O3S. The molecule has 5 heterocycles. The summed E-state index contributed by atoms with van der Waals surface area (Å²) in [5.74, 6) is -0.107. The number of anilines is 2. The Hall–Kier alpha value is -4.11. The number of piperidine rings is 1. The third kappa shape index (κ3) is 3.28. The number of thiophene rings is 1. The minimum Gasteiger partial charge on any atom is -0.857 e. The minimum atomic E-state index is -0.602. The number of nitrogens with two attached hydrogens (primary N) is 2. The van der Waals surface area contributed by atoms with Crippen LogP contribution in [0.15, 0.2) is 38.5 Å². The van der Waals surface area contributed by atoms with E-state index >= 15 is 0 Å². The van der Waals surface area contributed by atoms with E-state index in [1.54, 1.807) is 23.1 Å². The number of pyridine rings is 1. The van der Waals surface area contributed by atoms with Gasteiger partial charge in [-0.3, -0.25) is 4.52 Å². The molecular weight excluding hydrogens is 432 g/mol. The summed E-state index contributed by atoms with van der Waals surface area (Å²) < 4.78 is 10.7. The third-order valence-corrected chi connectivity index (χ3v) is 6.34. The van der Waals surface area contributed by atoms with Gasteiger partial charge in [-0.15, -0.1) is 11.3 Å². The lowest BCUT2D eigenvalue weighted by atomic mass is 10.0. The molecule has 0 aromatic carbocycles. The molecule has 32 heavy (non-hydrogen) atoms. The molecule has 162 valence electrons. The number of nitriles is 1. The van der Waals surface area contributed by atoms with E-state index in [0.29, 0.717) is 21.5 Å². The first-order valence-electron chi connectivity index (χ1n) is 9.92. The van der Waals surface area contributed by atoms with Crippen LogP contribution >= 0.6 is 11.3 Å². The zero-order chi connectivity index (χ0) is 22.2. The van der Waals surface area contributed by atoms with Gasteiger partial charge in [-0.2, -0.15) is 10.3 Å². The van der Waals surface area contributed by atoms with Gasteiger partial charge in [0.05, 0.1) is 40.3 Å². The Morgan fingerprint density at radius 2 is 2.12 bits per heavy atom. The lowest BCUT2D eigenvalue weighted by Gasteiger charge is -2.17.